The van der Waals surface area contributed by atoms with Crippen molar-refractivity contribution < 1.29 is 0 Å². The number of nitrogens with zero attached hydrogens (tertiary/aromatic N) is 2. The molecule has 0 saturated carbocycles. The van der Waals surface area contributed by atoms with Crippen molar-refractivity contribution in [3.63, 3.8) is 0 Å². The van der Waals surface area contributed by atoms with Gasteiger partial charge >= 0.3 is 0 Å². The summed E-state index contributed by atoms with van der Waals surface area (Å²) in [4.78, 5) is 8.12. The second-order valence-electron chi connectivity index (χ2n) is 1.72. The van der Waals surface area contributed by atoms with Gasteiger partial charge in [0.15, 0.2) is 0 Å². The highest BCUT2D eigenvalue weighted by Crippen LogP contribution is 2.16. The topological polar surface area (TPSA) is 25.8 Å². The van der Waals surface area contributed by atoms with Crippen LogP contribution in [-0.4, -0.2) is 9.97 Å². The van der Waals surface area contributed by atoms with E-state index in [1.807, 2.05) is 6.07 Å². The standard InChI is InChI=1S/C6H7IN2/c1-5(7)6-8-3-2-4-9-6/h2-5H,1H3. The monoisotopic (exact) mass is 234 g/mol. The zero-order valence-corrected chi connectivity index (χ0v) is 7.24. The summed E-state index contributed by atoms with van der Waals surface area (Å²) in [6, 6.07) is 1.82. The van der Waals surface area contributed by atoms with Gasteiger partial charge in [0, 0.05) is 12.4 Å². The molecular formula is C6H7IN2. The van der Waals surface area contributed by atoms with Gasteiger partial charge in [-0.15, -0.1) is 0 Å². The lowest BCUT2D eigenvalue weighted by atomic mass is 10.4. The number of aromatic nitrogens is 2. The molecule has 1 unspecified atom stereocenters. The van der Waals surface area contributed by atoms with Crippen LogP contribution in [0.3, 0.4) is 0 Å². The maximum atomic E-state index is 4.06. The fourth-order valence-corrected chi connectivity index (χ4v) is 0.838. The Morgan fingerprint density at radius 1 is 1.44 bits per heavy atom. The van der Waals surface area contributed by atoms with Crippen molar-refractivity contribution in [2.24, 2.45) is 0 Å². The smallest absolute Gasteiger partial charge is 0.140 e. The van der Waals surface area contributed by atoms with Crippen LogP contribution in [-0.2, 0) is 0 Å². The second kappa shape index (κ2) is 3.10. The molecule has 1 rings (SSSR count). The van der Waals surface area contributed by atoms with Crippen molar-refractivity contribution in [3.8, 4) is 0 Å². The van der Waals surface area contributed by atoms with E-state index in [1.165, 1.54) is 0 Å². The van der Waals surface area contributed by atoms with Gasteiger partial charge in [0.05, 0.1) is 3.92 Å². The third-order valence-corrected chi connectivity index (χ3v) is 1.50. The number of hydrogen-bond donors (Lipinski definition) is 0. The van der Waals surface area contributed by atoms with Gasteiger partial charge in [-0.1, -0.05) is 22.6 Å². The molecule has 0 aliphatic rings. The van der Waals surface area contributed by atoms with Crippen molar-refractivity contribution in [3.05, 3.63) is 24.3 Å². The Kier molecular flexibility index (Phi) is 2.38. The van der Waals surface area contributed by atoms with Crippen LogP contribution in [0.5, 0.6) is 0 Å². The lowest BCUT2D eigenvalue weighted by Crippen LogP contribution is -1.91. The molecule has 0 aromatic carbocycles. The van der Waals surface area contributed by atoms with Gasteiger partial charge in [-0.3, -0.25) is 0 Å². The van der Waals surface area contributed by atoms with Gasteiger partial charge in [-0.05, 0) is 13.0 Å². The Balaban J connectivity index is 2.85. The summed E-state index contributed by atoms with van der Waals surface area (Å²) in [7, 11) is 0. The number of hydrogen-bond acceptors (Lipinski definition) is 2. The first-order valence-corrected chi connectivity index (χ1v) is 3.96. The van der Waals surface area contributed by atoms with Crippen LogP contribution in [0, 0.1) is 0 Å². The Morgan fingerprint density at radius 3 is 2.33 bits per heavy atom. The quantitative estimate of drug-likeness (QED) is 0.548. The summed E-state index contributed by atoms with van der Waals surface area (Å²) in [6.07, 6.45) is 3.52. The van der Waals surface area contributed by atoms with E-state index in [4.69, 9.17) is 0 Å². The summed E-state index contributed by atoms with van der Waals surface area (Å²) in [5, 5.41) is 0. The molecule has 1 aromatic heterocycles. The molecule has 2 nitrogen and oxygen atoms in total. The molecular weight excluding hydrogens is 227 g/mol. The van der Waals surface area contributed by atoms with Gasteiger partial charge in [0.25, 0.3) is 0 Å². The molecule has 1 atom stereocenters. The minimum absolute atomic E-state index is 0.406. The average molecular weight is 234 g/mol. The molecule has 3 heteroatoms. The lowest BCUT2D eigenvalue weighted by Gasteiger charge is -1.97. The molecule has 0 fully saturated rings. The van der Waals surface area contributed by atoms with Crippen molar-refractivity contribution in [1.82, 2.24) is 9.97 Å². The molecule has 0 aliphatic carbocycles. The van der Waals surface area contributed by atoms with Crippen LogP contribution >= 0.6 is 22.6 Å². The van der Waals surface area contributed by atoms with Gasteiger partial charge in [0.2, 0.25) is 0 Å². The largest absolute Gasteiger partial charge is 0.240 e. The van der Waals surface area contributed by atoms with Crippen molar-refractivity contribution in [1.29, 1.82) is 0 Å². The summed E-state index contributed by atoms with van der Waals surface area (Å²) in [6.45, 7) is 2.07. The third-order valence-electron chi connectivity index (χ3n) is 0.942. The Labute approximate surface area is 67.9 Å². The van der Waals surface area contributed by atoms with E-state index >= 15 is 0 Å². The fourth-order valence-electron chi connectivity index (χ4n) is 0.516. The average Bonchev–Trinajstić information content (AvgIpc) is 1.90. The predicted octanol–water partition coefficient (Wildman–Crippen LogP) is 1.97. The molecule has 0 N–H and O–H groups in total. The third kappa shape index (κ3) is 1.89. The van der Waals surface area contributed by atoms with Crippen molar-refractivity contribution in [2.75, 3.05) is 0 Å². The zero-order valence-electron chi connectivity index (χ0n) is 5.08. The molecule has 0 spiro atoms. The fraction of sp³-hybridized carbons (Fsp3) is 0.333. The normalized spacial score (nSPS) is 13.1. The summed E-state index contributed by atoms with van der Waals surface area (Å²) in [5.74, 6) is 0.901. The zero-order chi connectivity index (χ0) is 6.69. The number of halogens is 1. The highest BCUT2D eigenvalue weighted by atomic mass is 127. The number of rotatable bonds is 1. The van der Waals surface area contributed by atoms with Crippen LogP contribution in [0.25, 0.3) is 0 Å². The van der Waals surface area contributed by atoms with E-state index in [0.717, 1.165) is 5.82 Å². The Morgan fingerprint density at radius 2 is 2.00 bits per heavy atom. The molecule has 1 aromatic rings. The Hall–Kier alpha value is -0.190. The second-order valence-corrected chi connectivity index (χ2v) is 3.59. The minimum Gasteiger partial charge on any atom is -0.240 e. The van der Waals surface area contributed by atoms with Crippen LogP contribution in [0.2, 0.25) is 0 Å². The molecule has 0 aliphatic heterocycles. The molecule has 0 saturated heterocycles. The summed E-state index contributed by atoms with van der Waals surface area (Å²) >= 11 is 2.28. The van der Waals surface area contributed by atoms with Gasteiger partial charge in [-0.2, -0.15) is 0 Å². The van der Waals surface area contributed by atoms with E-state index in [9.17, 15) is 0 Å². The first kappa shape index (κ1) is 6.92. The van der Waals surface area contributed by atoms with E-state index < -0.39 is 0 Å². The van der Waals surface area contributed by atoms with Crippen molar-refractivity contribution in [2.45, 2.75) is 10.8 Å². The van der Waals surface area contributed by atoms with E-state index in [-0.39, 0.29) is 0 Å². The molecule has 9 heavy (non-hydrogen) atoms. The van der Waals surface area contributed by atoms with Crippen LogP contribution in [0.15, 0.2) is 18.5 Å². The molecule has 1 heterocycles. The maximum Gasteiger partial charge on any atom is 0.140 e. The lowest BCUT2D eigenvalue weighted by molar-refractivity contribution is 0.944. The van der Waals surface area contributed by atoms with E-state index in [1.54, 1.807) is 12.4 Å². The summed E-state index contributed by atoms with van der Waals surface area (Å²) < 4.78 is 0.406. The highest BCUT2D eigenvalue weighted by molar-refractivity contribution is 14.1. The van der Waals surface area contributed by atoms with Gasteiger partial charge in [-0.25, -0.2) is 9.97 Å². The van der Waals surface area contributed by atoms with Crippen LogP contribution in [0.4, 0.5) is 0 Å². The van der Waals surface area contributed by atoms with Crippen LogP contribution in [0.1, 0.15) is 16.7 Å². The molecule has 0 radical (unpaired) electrons. The SMILES string of the molecule is CC(I)c1ncccn1. The van der Waals surface area contributed by atoms with Gasteiger partial charge in [0.1, 0.15) is 5.82 Å². The predicted molar refractivity (Wildman–Crippen MR) is 44.5 cm³/mol. The van der Waals surface area contributed by atoms with Crippen molar-refractivity contribution >= 4 is 22.6 Å². The van der Waals surface area contributed by atoms with Crippen LogP contribution < -0.4 is 0 Å². The number of alkyl halides is 1. The highest BCUT2D eigenvalue weighted by Gasteiger charge is 1.99. The maximum absolute atomic E-state index is 4.06. The van der Waals surface area contributed by atoms with Gasteiger partial charge < -0.3 is 0 Å². The Bertz CT molecular complexity index is 174. The molecule has 0 amide bonds. The van der Waals surface area contributed by atoms with E-state index in [0.29, 0.717) is 3.92 Å². The molecule has 0 bridgehead atoms. The first-order chi connectivity index (χ1) is 4.30. The first-order valence-electron chi connectivity index (χ1n) is 2.71. The van der Waals surface area contributed by atoms with E-state index in [2.05, 4.69) is 39.5 Å². The minimum atomic E-state index is 0.406. The summed E-state index contributed by atoms with van der Waals surface area (Å²) in [5.41, 5.74) is 0. The molecule has 48 valence electrons.